The standard InChI is InChI=1S/C14H20N6O6/c1-8(21)16-4-11(22)17-5-12(23)18-6-13(24)20-10(14(25)26)2-9-3-15-7-19-9/h3,7,10H,2,4-6H2,1H3,(H,15,19)(H,16,21)(H,17,22)(H,18,23)(H,20,24)(H,25,26)/t10-/m0/s1. The van der Waals surface area contributed by atoms with Crippen LogP contribution in [0.25, 0.3) is 0 Å². The van der Waals surface area contributed by atoms with Crippen molar-refractivity contribution in [2.45, 2.75) is 19.4 Å². The molecule has 1 aromatic rings. The van der Waals surface area contributed by atoms with E-state index in [0.29, 0.717) is 5.69 Å². The number of amides is 4. The normalized spacial score (nSPS) is 11.1. The third-order valence-corrected chi connectivity index (χ3v) is 3.00. The Balaban J connectivity index is 2.30. The molecular formula is C14H20N6O6. The predicted octanol–water partition coefficient (Wildman–Crippen LogP) is -3.11. The molecule has 12 nitrogen and oxygen atoms in total. The van der Waals surface area contributed by atoms with Crippen molar-refractivity contribution in [1.29, 1.82) is 0 Å². The van der Waals surface area contributed by atoms with Gasteiger partial charge in [-0.05, 0) is 0 Å². The van der Waals surface area contributed by atoms with Crippen LogP contribution < -0.4 is 21.3 Å². The lowest BCUT2D eigenvalue weighted by molar-refractivity contribution is -0.141. The molecule has 6 N–H and O–H groups in total. The summed E-state index contributed by atoms with van der Waals surface area (Å²) in [5.41, 5.74) is 0.531. The molecule has 0 bridgehead atoms. The Labute approximate surface area is 148 Å². The Bertz CT molecular complexity index is 659. The van der Waals surface area contributed by atoms with Gasteiger partial charge in [0.15, 0.2) is 0 Å². The maximum absolute atomic E-state index is 11.8. The van der Waals surface area contributed by atoms with Gasteiger partial charge >= 0.3 is 5.97 Å². The highest BCUT2D eigenvalue weighted by molar-refractivity contribution is 5.90. The second-order valence-corrected chi connectivity index (χ2v) is 5.20. The summed E-state index contributed by atoms with van der Waals surface area (Å²) in [6, 6.07) is -1.18. The first-order valence-electron chi connectivity index (χ1n) is 7.55. The van der Waals surface area contributed by atoms with Gasteiger partial charge in [-0.25, -0.2) is 9.78 Å². The Kier molecular flexibility index (Phi) is 8.27. The zero-order valence-electron chi connectivity index (χ0n) is 14.0. The van der Waals surface area contributed by atoms with Gasteiger partial charge in [-0.3, -0.25) is 19.2 Å². The van der Waals surface area contributed by atoms with Gasteiger partial charge in [-0.2, -0.15) is 0 Å². The minimum atomic E-state index is -1.23. The highest BCUT2D eigenvalue weighted by atomic mass is 16.4. The van der Waals surface area contributed by atoms with Gasteiger partial charge in [0, 0.05) is 25.2 Å². The van der Waals surface area contributed by atoms with Crippen molar-refractivity contribution >= 4 is 29.6 Å². The molecule has 0 aromatic carbocycles. The number of hydrogen-bond donors (Lipinski definition) is 6. The van der Waals surface area contributed by atoms with E-state index in [1.54, 1.807) is 0 Å². The van der Waals surface area contributed by atoms with E-state index < -0.39 is 36.3 Å². The molecule has 142 valence electrons. The Morgan fingerprint density at radius 2 is 1.62 bits per heavy atom. The number of H-pyrrole nitrogens is 1. The summed E-state index contributed by atoms with van der Waals surface area (Å²) in [5, 5.41) is 18.1. The molecule has 0 aliphatic carbocycles. The van der Waals surface area contributed by atoms with Crippen molar-refractivity contribution in [2.24, 2.45) is 0 Å². The molecule has 12 heteroatoms. The average molecular weight is 368 g/mol. The molecule has 1 rings (SSSR count). The fourth-order valence-corrected chi connectivity index (χ4v) is 1.75. The van der Waals surface area contributed by atoms with Crippen LogP contribution in [0.3, 0.4) is 0 Å². The number of hydrogen-bond acceptors (Lipinski definition) is 6. The molecule has 0 unspecified atom stereocenters. The van der Waals surface area contributed by atoms with Crippen molar-refractivity contribution in [3.63, 3.8) is 0 Å². The van der Waals surface area contributed by atoms with Crippen LogP contribution in [-0.2, 0) is 30.4 Å². The number of aliphatic carboxylic acids is 1. The first-order chi connectivity index (χ1) is 12.3. The van der Waals surface area contributed by atoms with Crippen LogP contribution >= 0.6 is 0 Å². The van der Waals surface area contributed by atoms with E-state index in [2.05, 4.69) is 31.2 Å². The molecule has 0 aliphatic heterocycles. The number of nitrogens with one attached hydrogen (secondary N) is 5. The first kappa shape index (κ1) is 20.6. The van der Waals surface area contributed by atoms with Gasteiger partial charge in [-0.15, -0.1) is 0 Å². The molecule has 1 heterocycles. The van der Waals surface area contributed by atoms with Crippen molar-refractivity contribution < 1.29 is 29.1 Å². The van der Waals surface area contributed by atoms with Crippen molar-refractivity contribution in [1.82, 2.24) is 31.2 Å². The predicted molar refractivity (Wildman–Crippen MR) is 86.6 cm³/mol. The molecule has 26 heavy (non-hydrogen) atoms. The highest BCUT2D eigenvalue weighted by Gasteiger charge is 2.21. The summed E-state index contributed by atoms with van der Waals surface area (Å²) in [4.78, 5) is 62.9. The van der Waals surface area contributed by atoms with Crippen LogP contribution in [0.5, 0.6) is 0 Å². The smallest absolute Gasteiger partial charge is 0.326 e. The van der Waals surface area contributed by atoms with Crippen LogP contribution in [0.1, 0.15) is 12.6 Å². The summed E-state index contributed by atoms with van der Waals surface area (Å²) < 4.78 is 0. The van der Waals surface area contributed by atoms with E-state index in [-0.39, 0.29) is 25.4 Å². The van der Waals surface area contributed by atoms with Crippen molar-refractivity contribution in [2.75, 3.05) is 19.6 Å². The number of carbonyl (C=O) groups is 5. The third-order valence-electron chi connectivity index (χ3n) is 3.00. The van der Waals surface area contributed by atoms with Gasteiger partial charge in [0.05, 0.1) is 26.0 Å². The Morgan fingerprint density at radius 1 is 1.04 bits per heavy atom. The first-order valence-corrected chi connectivity index (χ1v) is 7.55. The van der Waals surface area contributed by atoms with E-state index >= 15 is 0 Å². The van der Waals surface area contributed by atoms with Gasteiger partial charge in [0.2, 0.25) is 23.6 Å². The summed E-state index contributed by atoms with van der Waals surface area (Å²) in [7, 11) is 0. The Hall–Kier alpha value is -3.44. The SMILES string of the molecule is CC(=O)NCC(=O)NCC(=O)NCC(=O)N[C@@H](Cc1cnc[nH]1)C(=O)O. The molecule has 0 saturated heterocycles. The minimum absolute atomic E-state index is 0.00816. The lowest BCUT2D eigenvalue weighted by Crippen LogP contribution is -2.48. The lowest BCUT2D eigenvalue weighted by atomic mass is 10.1. The monoisotopic (exact) mass is 368 g/mol. The number of aromatic nitrogens is 2. The molecule has 0 saturated carbocycles. The highest BCUT2D eigenvalue weighted by Crippen LogP contribution is 1.98. The third kappa shape index (κ3) is 8.42. The van der Waals surface area contributed by atoms with E-state index in [1.165, 1.54) is 19.4 Å². The lowest BCUT2D eigenvalue weighted by Gasteiger charge is -2.14. The van der Waals surface area contributed by atoms with E-state index in [0.717, 1.165) is 0 Å². The summed E-state index contributed by atoms with van der Waals surface area (Å²) in [6.45, 7) is 0.141. The summed E-state index contributed by atoms with van der Waals surface area (Å²) in [5.74, 6) is -3.52. The van der Waals surface area contributed by atoms with Crippen LogP contribution in [0.2, 0.25) is 0 Å². The number of imidazole rings is 1. The van der Waals surface area contributed by atoms with Crippen molar-refractivity contribution in [3.05, 3.63) is 18.2 Å². The molecule has 0 fully saturated rings. The van der Waals surface area contributed by atoms with Gasteiger partial charge < -0.3 is 31.4 Å². The maximum Gasteiger partial charge on any atom is 0.326 e. The van der Waals surface area contributed by atoms with Crippen LogP contribution in [0, 0.1) is 0 Å². The number of rotatable bonds is 10. The number of carboxylic acids is 1. The van der Waals surface area contributed by atoms with E-state index in [1.807, 2.05) is 0 Å². The van der Waals surface area contributed by atoms with Crippen molar-refractivity contribution in [3.8, 4) is 0 Å². The largest absolute Gasteiger partial charge is 0.480 e. The zero-order valence-corrected chi connectivity index (χ0v) is 14.0. The number of carboxylic acid groups (broad SMARTS) is 1. The second-order valence-electron chi connectivity index (χ2n) is 5.20. The second kappa shape index (κ2) is 10.4. The molecule has 1 atom stereocenters. The molecule has 4 amide bonds. The Morgan fingerprint density at radius 3 is 2.12 bits per heavy atom. The fourth-order valence-electron chi connectivity index (χ4n) is 1.75. The summed E-state index contributed by atoms with van der Waals surface area (Å²) in [6.07, 6.45) is 2.83. The molecule has 0 spiro atoms. The maximum atomic E-state index is 11.8. The van der Waals surface area contributed by atoms with Crippen LogP contribution in [0.4, 0.5) is 0 Å². The number of nitrogens with zero attached hydrogens (tertiary/aromatic N) is 1. The van der Waals surface area contributed by atoms with Gasteiger partial charge in [0.25, 0.3) is 0 Å². The summed E-state index contributed by atoms with van der Waals surface area (Å²) >= 11 is 0. The molecule has 0 aliphatic rings. The topological polar surface area (TPSA) is 182 Å². The minimum Gasteiger partial charge on any atom is -0.480 e. The number of carbonyl (C=O) groups excluding carboxylic acids is 4. The number of aromatic amines is 1. The van der Waals surface area contributed by atoms with E-state index in [4.69, 9.17) is 5.11 Å². The fraction of sp³-hybridized carbons (Fsp3) is 0.429. The molecule has 0 radical (unpaired) electrons. The molecule has 1 aromatic heterocycles. The quantitative estimate of drug-likeness (QED) is 0.252. The zero-order chi connectivity index (χ0) is 19.5. The van der Waals surface area contributed by atoms with Gasteiger partial charge in [0.1, 0.15) is 6.04 Å². The van der Waals surface area contributed by atoms with E-state index in [9.17, 15) is 24.0 Å². The average Bonchev–Trinajstić information content (AvgIpc) is 3.08. The van der Waals surface area contributed by atoms with Gasteiger partial charge in [-0.1, -0.05) is 0 Å². The molecular weight excluding hydrogens is 348 g/mol. The van der Waals surface area contributed by atoms with Crippen LogP contribution in [0.15, 0.2) is 12.5 Å². The van der Waals surface area contributed by atoms with Crippen LogP contribution in [-0.4, -0.2) is 70.3 Å².